The highest BCUT2D eigenvalue weighted by Crippen LogP contribution is 2.21. The normalized spacial score (nSPS) is 13.2. The highest BCUT2D eigenvalue weighted by Gasteiger charge is 2.22. The molecule has 200 valence electrons. The topological polar surface area (TPSA) is 138 Å². The summed E-state index contributed by atoms with van der Waals surface area (Å²) >= 11 is 6.37. The summed E-state index contributed by atoms with van der Waals surface area (Å²) in [5.41, 5.74) is 1.94. The standard InChI is InChI=1S/C26H28ClFN6O4/c1-2-20-23(27)33-25(30-13-18-9-8-15-6-4-10-29-24(15)31-18)26(38)34(20)14-21(35)32-19(12-22(36)37)16-5-3-7-17(28)11-16/h3,5,7-9,11,19H,2,4,6,10,12-14H2,1H3,(H,29,31)(H,30,33)(H,32,35)(H,36,37)/t19-/m0/s1. The number of carbonyl (C=O) groups excluding carboxylic acids is 1. The molecule has 4 rings (SSSR count). The number of pyridine rings is 1. The second-order valence-corrected chi connectivity index (χ2v) is 9.27. The fourth-order valence-electron chi connectivity index (χ4n) is 4.37. The van der Waals surface area contributed by atoms with E-state index in [0.717, 1.165) is 36.8 Å². The van der Waals surface area contributed by atoms with Gasteiger partial charge >= 0.3 is 5.97 Å². The third kappa shape index (κ3) is 6.46. The van der Waals surface area contributed by atoms with E-state index in [2.05, 4.69) is 25.9 Å². The zero-order valence-corrected chi connectivity index (χ0v) is 21.5. The predicted octanol–water partition coefficient (Wildman–Crippen LogP) is 3.30. The number of carbonyl (C=O) groups is 2. The highest BCUT2D eigenvalue weighted by atomic mass is 35.5. The predicted molar refractivity (Wildman–Crippen MR) is 141 cm³/mol. The van der Waals surface area contributed by atoms with Gasteiger partial charge in [-0.2, -0.15) is 0 Å². The quantitative estimate of drug-likeness (QED) is 0.306. The van der Waals surface area contributed by atoms with Crippen LogP contribution in [0, 0.1) is 5.82 Å². The molecule has 4 N–H and O–H groups in total. The van der Waals surface area contributed by atoms with E-state index in [1.165, 1.54) is 22.8 Å². The molecule has 3 heterocycles. The summed E-state index contributed by atoms with van der Waals surface area (Å²) in [5.74, 6) is -1.58. The van der Waals surface area contributed by atoms with Gasteiger partial charge in [-0.1, -0.05) is 36.7 Å². The average Bonchev–Trinajstić information content (AvgIpc) is 2.89. The number of hydrogen-bond donors (Lipinski definition) is 4. The van der Waals surface area contributed by atoms with Gasteiger partial charge in [0, 0.05) is 6.54 Å². The van der Waals surface area contributed by atoms with Gasteiger partial charge in [0.2, 0.25) is 5.91 Å². The van der Waals surface area contributed by atoms with Gasteiger partial charge in [-0.15, -0.1) is 0 Å². The Morgan fingerprint density at radius 3 is 2.82 bits per heavy atom. The Kier molecular flexibility index (Phi) is 8.57. The molecule has 0 bridgehead atoms. The van der Waals surface area contributed by atoms with Crippen LogP contribution >= 0.6 is 11.6 Å². The molecule has 38 heavy (non-hydrogen) atoms. The van der Waals surface area contributed by atoms with Crippen LogP contribution in [0.1, 0.15) is 48.3 Å². The molecule has 0 unspecified atom stereocenters. The van der Waals surface area contributed by atoms with E-state index in [9.17, 15) is 23.9 Å². The molecule has 0 radical (unpaired) electrons. The summed E-state index contributed by atoms with van der Waals surface area (Å²) in [6.07, 6.45) is 1.87. The van der Waals surface area contributed by atoms with Crippen molar-refractivity contribution in [3.05, 3.63) is 80.2 Å². The number of carboxylic acid groups (broad SMARTS) is 1. The smallest absolute Gasteiger partial charge is 0.305 e. The molecule has 0 saturated heterocycles. The number of aromatic nitrogens is 3. The molecule has 1 aliphatic rings. The number of amides is 1. The average molecular weight is 543 g/mol. The maximum absolute atomic E-state index is 13.7. The molecule has 0 spiro atoms. The SMILES string of the molecule is CCc1c(Cl)nc(NCc2ccc3c(n2)NCCC3)c(=O)n1CC(=O)N[C@@H](CC(=O)O)c1cccc(F)c1. The van der Waals surface area contributed by atoms with Crippen molar-refractivity contribution >= 4 is 35.1 Å². The Labute approximate surface area is 223 Å². The van der Waals surface area contributed by atoms with Crippen molar-refractivity contribution in [3.63, 3.8) is 0 Å². The minimum atomic E-state index is -1.17. The van der Waals surface area contributed by atoms with E-state index in [1.807, 2.05) is 12.1 Å². The lowest BCUT2D eigenvalue weighted by Gasteiger charge is -2.20. The maximum atomic E-state index is 13.7. The fraction of sp³-hybridized carbons (Fsp3) is 0.346. The number of carboxylic acids is 1. The van der Waals surface area contributed by atoms with Crippen LogP contribution in [-0.4, -0.2) is 38.1 Å². The van der Waals surface area contributed by atoms with E-state index >= 15 is 0 Å². The van der Waals surface area contributed by atoms with Gasteiger partial charge in [-0.05, 0) is 48.6 Å². The number of fused-ring (bicyclic) bond motifs is 1. The summed E-state index contributed by atoms with van der Waals surface area (Å²) < 4.78 is 14.9. The number of anilines is 2. The fourth-order valence-corrected chi connectivity index (χ4v) is 4.69. The first-order chi connectivity index (χ1) is 18.2. The van der Waals surface area contributed by atoms with Gasteiger partial charge in [-0.25, -0.2) is 14.4 Å². The van der Waals surface area contributed by atoms with Crippen LogP contribution in [0.5, 0.6) is 0 Å². The van der Waals surface area contributed by atoms with Crippen molar-refractivity contribution in [1.29, 1.82) is 0 Å². The summed E-state index contributed by atoms with van der Waals surface area (Å²) in [6.45, 7) is 2.41. The number of nitrogens with zero attached hydrogens (tertiary/aromatic N) is 3. The molecule has 12 heteroatoms. The molecule has 1 aromatic carbocycles. The Hall–Kier alpha value is -3.99. The van der Waals surface area contributed by atoms with Gasteiger partial charge in [0.05, 0.1) is 30.4 Å². The molecule has 0 saturated carbocycles. The second-order valence-electron chi connectivity index (χ2n) is 8.91. The van der Waals surface area contributed by atoms with Crippen LogP contribution in [0.15, 0.2) is 41.2 Å². The molecular formula is C26H28ClFN6O4. The van der Waals surface area contributed by atoms with Crippen LogP contribution in [-0.2, 0) is 35.5 Å². The number of nitrogens with one attached hydrogen (secondary N) is 3. The van der Waals surface area contributed by atoms with Gasteiger partial charge in [0.1, 0.15) is 18.2 Å². The number of benzene rings is 1. The molecule has 0 aliphatic carbocycles. The lowest BCUT2D eigenvalue weighted by molar-refractivity contribution is -0.137. The highest BCUT2D eigenvalue weighted by molar-refractivity contribution is 6.30. The van der Waals surface area contributed by atoms with Crippen molar-refractivity contribution in [2.45, 2.75) is 51.7 Å². The van der Waals surface area contributed by atoms with Gasteiger partial charge < -0.3 is 21.1 Å². The summed E-state index contributed by atoms with van der Waals surface area (Å²) in [7, 11) is 0. The number of aryl methyl sites for hydroxylation is 1. The molecule has 2 aromatic heterocycles. The number of rotatable bonds is 10. The molecule has 1 atom stereocenters. The lowest BCUT2D eigenvalue weighted by Crippen LogP contribution is -2.37. The third-order valence-corrected chi connectivity index (χ3v) is 6.51. The second kappa shape index (κ2) is 12.0. The van der Waals surface area contributed by atoms with Crippen molar-refractivity contribution in [2.24, 2.45) is 0 Å². The Morgan fingerprint density at radius 2 is 2.08 bits per heavy atom. The van der Waals surface area contributed by atoms with Crippen LogP contribution in [0.2, 0.25) is 5.15 Å². The molecular weight excluding hydrogens is 515 g/mol. The Morgan fingerprint density at radius 1 is 1.26 bits per heavy atom. The van der Waals surface area contributed by atoms with Gasteiger partial charge in [0.25, 0.3) is 5.56 Å². The van der Waals surface area contributed by atoms with Gasteiger partial charge in [-0.3, -0.25) is 19.0 Å². The Balaban J connectivity index is 1.54. The summed E-state index contributed by atoms with van der Waals surface area (Å²) in [5, 5.41) is 18.2. The minimum Gasteiger partial charge on any atom is -0.481 e. The van der Waals surface area contributed by atoms with Crippen LogP contribution in [0.4, 0.5) is 16.0 Å². The van der Waals surface area contributed by atoms with E-state index in [4.69, 9.17) is 11.6 Å². The Bertz CT molecular complexity index is 1410. The first kappa shape index (κ1) is 27.1. The maximum Gasteiger partial charge on any atom is 0.305 e. The van der Waals surface area contributed by atoms with Crippen molar-refractivity contribution in [3.8, 4) is 0 Å². The van der Waals surface area contributed by atoms with Crippen LogP contribution < -0.4 is 21.5 Å². The zero-order valence-electron chi connectivity index (χ0n) is 20.8. The summed E-state index contributed by atoms with van der Waals surface area (Å²) in [4.78, 5) is 46.4. The first-order valence-corrected chi connectivity index (χ1v) is 12.6. The lowest BCUT2D eigenvalue weighted by atomic mass is 10.0. The largest absolute Gasteiger partial charge is 0.481 e. The third-order valence-electron chi connectivity index (χ3n) is 6.21. The number of halogens is 2. The number of hydrogen-bond acceptors (Lipinski definition) is 7. The van der Waals surface area contributed by atoms with Crippen molar-refractivity contribution in [1.82, 2.24) is 19.9 Å². The van der Waals surface area contributed by atoms with E-state index in [0.29, 0.717) is 23.4 Å². The van der Waals surface area contributed by atoms with E-state index < -0.39 is 42.3 Å². The van der Waals surface area contributed by atoms with E-state index in [-0.39, 0.29) is 17.5 Å². The molecule has 1 amide bonds. The van der Waals surface area contributed by atoms with Crippen LogP contribution in [0.3, 0.4) is 0 Å². The van der Waals surface area contributed by atoms with Crippen molar-refractivity contribution in [2.75, 3.05) is 17.2 Å². The monoisotopic (exact) mass is 542 g/mol. The first-order valence-electron chi connectivity index (χ1n) is 12.3. The van der Waals surface area contributed by atoms with E-state index in [1.54, 1.807) is 6.92 Å². The van der Waals surface area contributed by atoms with Crippen LogP contribution in [0.25, 0.3) is 0 Å². The molecule has 10 nitrogen and oxygen atoms in total. The number of aliphatic carboxylic acids is 1. The molecule has 1 aliphatic heterocycles. The summed E-state index contributed by atoms with van der Waals surface area (Å²) in [6, 6.07) is 8.22. The van der Waals surface area contributed by atoms with Gasteiger partial charge in [0.15, 0.2) is 11.0 Å². The minimum absolute atomic E-state index is 0.0419. The zero-order chi connectivity index (χ0) is 27.2. The molecule has 0 fully saturated rings. The molecule has 3 aromatic rings. The van der Waals surface area contributed by atoms with Crippen molar-refractivity contribution < 1.29 is 19.1 Å².